The van der Waals surface area contributed by atoms with Gasteiger partial charge in [0.1, 0.15) is 22.8 Å². The van der Waals surface area contributed by atoms with Crippen molar-refractivity contribution < 1.29 is 9.53 Å². The van der Waals surface area contributed by atoms with E-state index in [0.717, 1.165) is 11.3 Å². The molecule has 0 amide bonds. The van der Waals surface area contributed by atoms with Gasteiger partial charge in [0.2, 0.25) is 0 Å². The maximum atomic E-state index is 13.3. The summed E-state index contributed by atoms with van der Waals surface area (Å²) >= 11 is 0. The van der Waals surface area contributed by atoms with Crippen molar-refractivity contribution in [1.82, 2.24) is 9.38 Å². The summed E-state index contributed by atoms with van der Waals surface area (Å²) in [5.41, 5.74) is 1.80. The number of esters is 1. The molecule has 0 bridgehead atoms. The number of nitrogens with one attached hydrogen (secondary N) is 3. The summed E-state index contributed by atoms with van der Waals surface area (Å²) in [7, 11) is 0. The number of carbonyl (C=O) groups is 1. The number of hydrogen-bond acceptors (Lipinski definition) is 7. The molecule has 0 aliphatic heterocycles. The summed E-state index contributed by atoms with van der Waals surface area (Å²) in [5.74, 6) is -0.0583. The number of hydrogen-bond donors (Lipinski definition) is 3. The Bertz CT molecular complexity index is 1240. The van der Waals surface area contributed by atoms with Crippen LogP contribution in [0.4, 0.5) is 11.5 Å². The lowest BCUT2D eigenvalue weighted by Crippen LogP contribution is -2.31. The maximum Gasteiger partial charge on any atom is 0.352 e. The third kappa shape index (κ3) is 6.21. The summed E-state index contributed by atoms with van der Waals surface area (Å²) in [4.78, 5) is 30.0. The Hall–Kier alpha value is -3.68. The van der Waals surface area contributed by atoms with Crippen molar-refractivity contribution in [3.05, 3.63) is 59.0 Å². The molecule has 2 aromatic heterocycles. The third-order valence-electron chi connectivity index (χ3n) is 4.90. The van der Waals surface area contributed by atoms with Crippen molar-refractivity contribution in [3.63, 3.8) is 0 Å². The summed E-state index contributed by atoms with van der Waals surface area (Å²) in [6.45, 7) is 11.2. The zero-order chi connectivity index (χ0) is 25.0. The molecule has 0 spiro atoms. The van der Waals surface area contributed by atoms with Gasteiger partial charge < -0.3 is 15.4 Å². The van der Waals surface area contributed by atoms with Crippen LogP contribution in [0.2, 0.25) is 0 Å². The average Bonchev–Trinajstić information content (AvgIpc) is 2.73. The zero-order valence-electron chi connectivity index (χ0n) is 20.6. The zero-order valence-corrected chi connectivity index (χ0v) is 20.6. The molecule has 3 N–H and O–H groups in total. The number of anilines is 2. The van der Waals surface area contributed by atoms with E-state index in [1.165, 1.54) is 4.40 Å². The molecule has 1 aromatic carbocycles. The van der Waals surface area contributed by atoms with Crippen molar-refractivity contribution in [2.24, 2.45) is 0 Å². The average molecular weight is 464 g/mol. The monoisotopic (exact) mass is 463 g/mol. The van der Waals surface area contributed by atoms with E-state index in [2.05, 4.69) is 15.6 Å². The lowest BCUT2D eigenvalue weighted by atomic mass is 10.1. The van der Waals surface area contributed by atoms with Gasteiger partial charge in [-0.15, -0.1) is 0 Å². The first kappa shape index (κ1) is 25.0. The number of pyridine rings is 1. The molecule has 3 aromatic rings. The first-order chi connectivity index (χ1) is 15.9. The van der Waals surface area contributed by atoms with Crippen LogP contribution in [0.5, 0.6) is 0 Å². The molecule has 34 heavy (non-hydrogen) atoms. The van der Waals surface area contributed by atoms with Gasteiger partial charge in [0.05, 0.1) is 5.56 Å². The van der Waals surface area contributed by atoms with Crippen LogP contribution in [0.1, 0.15) is 48.0 Å². The van der Waals surface area contributed by atoms with Gasteiger partial charge in [0.25, 0.3) is 5.56 Å². The maximum absolute atomic E-state index is 13.3. The molecule has 3 rings (SSSR count). The summed E-state index contributed by atoms with van der Waals surface area (Å²) in [6.07, 6.45) is 1.94. The second-order valence-electron chi connectivity index (χ2n) is 9.68. The van der Waals surface area contributed by atoms with Gasteiger partial charge in [-0.2, -0.15) is 0 Å². The minimum atomic E-state index is -0.629. The van der Waals surface area contributed by atoms with Crippen LogP contribution in [0, 0.1) is 5.41 Å². The Labute approximate surface area is 199 Å². The SMILES string of the molecule is CC(C)Nc1nc2ccccn2c(=O)c1-c1ccc(N[C@H](C)CC(=N)C(=O)OC(C)(C)C)cc1. The molecule has 0 unspecified atom stereocenters. The van der Waals surface area contributed by atoms with Crippen LogP contribution in [0.15, 0.2) is 53.5 Å². The standard InChI is InChI=1S/C26H33N5O3/c1-16(2)28-23-22(24(32)31-14-8-7-9-21(31)30-23)18-10-12-19(13-11-18)29-17(3)15-20(27)25(33)34-26(4,5)6/h7-14,16-17,27-29H,15H2,1-6H3/t17-/m1/s1. The first-order valence-electron chi connectivity index (χ1n) is 11.4. The molecule has 0 aliphatic rings. The lowest BCUT2D eigenvalue weighted by Gasteiger charge is -2.21. The fourth-order valence-corrected chi connectivity index (χ4v) is 3.53. The van der Waals surface area contributed by atoms with E-state index in [1.54, 1.807) is 39.1 Å². The molecule has 1 atom stereocenters. The first-order valence-corrected chi connectivity index (χ1v) is 11.4. The van der Waals surface area contributed by atoms with Gasteiger partial charge in [0, 0.05) is 30.4 Å². The van der Waals surface area contributed by atoms with E-state index in [1.807, 2.05) is 51.1 Å². The molecule has 8 heteroatoms. The molecule has 8 nitrogen and oxygen atoms in total. The van der Waals surface area contributed by atoms with E-state index in [9.17, 15) is 9.59 Å². The highest BCUT2D eigenvalue weighted by Gasteiger charge is 2.21. The van der Waals surface area contributed by atoms with Crippen molar-refractivity contribution in [2.45, 2.75) is 65.6 Å². The molecule has 0 radical (unpaired) electrons. The molecule has 0 saturated carbocycles. The molecule has 180 valence electrons. The van der Waals surface area contributed by atoms with Crippen LogP contribution in [-0.2, 0) is 9.53 Å². The minimum Gasteiger partial charge on any atom is -0.456 e. The van der Waals surface area contributed by atoms with E-state index < -0.39 is 11.6 Å². The second kappa shape index (κ2) is 10.1. The number of carbonyl (C=O) groups excluding carboxylic acids is 1. The Balaban J connectivity index is 1.80. The van der Waals surface area contributed by atoms with E-state index in [4.69, 9.17) is 10.1 Å². The summed E-state index contributed by atoms with van der Waals surface area (Å²) < 4.78 is 6.80. The molecule has 2 heterocycles. The normalized spacial score (nSPS) is 12.4. The van der Waals surface area contributed by atoms with Crippen molar-refractivity contribution >= 4 is 28.8 Å². The number of aromatic nitrogens is 2. The predicted octanol–water partition coefficient (Wildman–Crippen LogP) is 4.73. The number of nitrogens with zero attached hydrogens (tertiary/aromatic N) is 2. The Morgan fingerprint density at radius 3 is 2.38 bits per heavy atom. The smallest absolute Gasteiger partial charge is 0.352 e. The second-order valence-corrected chi connectivity index (χ2v) is 9.68. The van der Waals surface area contributed by atoms with Gasteiger partial charge >= 0.3 is 5.97 Å². The van der Waals surface area contributed by atoms with Gasteiger partial charge in [0.15, 0.2) is 0 Å². The fraction of sp³-hybridized carbons (Fsp3) is 0.385. The molecular formula is C26H33N5O3. The molecule has 0 aliphatic carbocycles. The van der Waals surface area contributed by atoms with Gasteiger partial charge in [-0.25, -0.2) is 9.78 Å². The Morgan fingerprint density at radius 1 is 1.09 bits per heavy atom. The van der Waals surface area contributed by atoms with Gasteiger partial charge in [-0.3, -0.25) is 14.6 Å². The van der Waals surface area contributed by atoms with Gasteiger partial charge in [-0.05, 0) is 71.4 Å². The molecule has 0 fully saturated rings. The highest BCUT2D eigenvalue weighted by atomic mass is 16.6. The molecular weight excluding hydrogens is 430 g/mol. The number of fused-ring (bicyclic) bond motifs is 1. The third-order valence-corrected chi connectivity index (χ3v) is 4.90. The summed E-state index contributed by atoms with van der Waals surface area (Å²) in [6, 6.07) is 12.9. The predicted molar refractivity (Wildman–Crippen MR) is 137 cm³/mol. The lowest BCUT2D eigenvalue weighted by molar-refractivity contribution is -0.146. The Kier molecular flexibility index (Phi) is 7.39. The van der Waals surface area contributed by atoms with Crippen molar-refractivity contribution in [2.75, 3.05) is 10.6 Å². The van der Waals surface area contributed by atoms with Crippen LogP contribution < -0.4 is 16.2 Å². The number of benzene rings is 1. The number of rotatable bonds is 8. The fourth-order valence-electron chi connectivity index (χ4n) is 3.53. The van der Waals surface area contributed by atoms with Crippen molar-refractivity contribution in [1.29, 1.82) is 5.41 Å². The van der Waals surface area contributed by atoms with Gasteiger partial charge in [-0.1, -0.05) is 18.2 Å². The van der Waals surface area contributed by atoms with Crippen LogP contribution >= 0.6 is 0 Å². The van der Waals surface area contributed by atoms with Crippen LogP contribution in [-0.4, -0.2) is 38.8 Å². The largest absolute Gasteiger partial charge is 0.456 e. The minimum absolute atomic E-state index is 0.0776. The van der Waals surface area contributed by atoms with E-state index in [0.29, 0.717) is 17.0 Å². The van der Waals surface area contributed by atoms with E-state index >= 15 is 0 Å². The quantitative estimate of drug-likeness (QED) is 0.329. The van der Waals surface area contributed by atoms with E-state index in [-0.39, 0.29) is 29.8 Å². The topological polar surface area (TPSA) is 109 Å². The highest BCUT2D eigenvalue weighted by molar-refractivity contribution is 6.35. The summed E-state index contributed by atoms with van der Waals surface area (Å²) in [5, 5.41) is 14.6. The van der Waals surface area contributed by atoms with Crippen LogP contribution in [0.3, 0.4) is 0 Å². The van der Waals surface area contributed by atoms with Crippen molar-refractivity contribution in [3.8, 4) is 11.1 Å². The number of ether oxygens (including phenoxy) is 1. The van der Waals surface area contributed by atoms with Crippen LogP contribution in [0.25, 0.3) is 16.8 Å². The molecule has 0 saturated heterocycles. The highest BCUT2D eigenvalue weighted by Crippen LogP contribution is 2.26. The Morgan fingerprint density at radius 2 is 1.76 bits per heavy atom.